The second-order valence-electron chi connectivity index (χ2n) is 6.78. The maximum atomic E-state index is 5.95. The molecule has 0 atom stereocenters. The molecular weight excluding hydrogens is 384 g/mol. The highest BCUT2D eigenvalue weighted by atomic mass is 35.5. The molecule has 3 aromatic carbocycles. The fourth-order valence-electron chi connectivity index (χ4n) is 3.24. The Kier molecular flexibility index (Phi) is 6.32. The average Bonchev–Trinajstić information content (AvgIpc) is 3.11. The smallest absolute Gasteiger partial charge is 0.147 e. The lowest BCUT2D eigenvalue weighted by atomic mass is 10.3. The van der Waals surface area contributed by atoms with Crippen molar-refractivity contribution in [2.45, 2.75) is 26.0 Å². The van der Waals surface area contributed by atoms with Gasteiger partial charge >= 0.3 is 0 Å². The van der Waals surface area contributed by atoms with E-state index in [0.29, 0.717) is 18.2 Å². The summed E-state index contributed by atoms with van der Waals surface area (Å²) in [6.07, 6.45) is 1.97. The quantitative estimate of drug-likeness (QED) is 0.314. The van der Waals surface area contributed by atoms with Crippen molar-refractivity contribution in [3.8, 4) is 11.5 Å². The van der Waals surface area contributed by atoms with Gasteiger partial charge in [-0.05, 0) is 61.4 Å². The molecule has 0 fully saturated rings. The van der Waals surface area contributed by atoms with Crippen LogP contribution < -0.4 is 9.47 Å². The molecule has 4 aromatic rings. The Labute approximate surface area is 175 Å². The van der Waals surface area contributed by atoms with Crippen LogP contribution in [0.4, 0.5) is 0 Å². The number of unbranched alkanes of at least 4 members (excludes halogenated alkanes) is 1. The Morgan fingerprint density at radius 3 is 2.31 bits per heavy atom. The van der Waals surface area contributed by atoms with E-state index in [1.807, 2.05) is 72.8 Å². The van der Waals surface area contributed by atoms with Crippen LogP contribution in [0.25, 0.3) is 11.0 Å². The molecular formula is C24H23ClN2O2. The summed E-state index contributed by atoms with van der Waals surface area (Å²) >= 11 is 5.95. The molecule has 0 spiro atoms. The van der Waals surface area contributed by atoms with Gasteiger partial charge in [0.15, 0.2) is 0 Å². The Bertz CT molecular complexity index is 1050. The standard InChI is InChI=1S/C24H23ClN2O2/c25-19-12-14-21(15-13-19)29-18-24-26-22-10-4-5-11-23(22)27(24)16-6-7-17-28-20-8-2-1-3-9-20/h1-5,8-15H,6-7,16-18H2. The molecule has 0 saturated carbocycles. The molecule has 0 radical (unpaired) electrons. The fourth-order valence-corrected chi connectivity index (χ4v) is 3.37. The number of hydrogen-bond acceptors (Lipinski definition) is 3. The van der Waals surface area contributed by atoms with Crippen molar-refractivity contribution >= 4 is 22.6 Å². The number of aromatic nitrogens is 2. The van der Waals surface area contributed by atoms with Crippen molar-refractivity contribution < 1.29 is 9.47 Å². The van der Waals surface area contributed by atoms with Gasteiger partial charge in [0.1, 0.15) is 23.9 Å². The second kappa shape index (κ2) is 9.48. The monoisotopic (exact) mass is 406 g/mol. The zero-order valence-corrected chi connectivity index (χ0v) is 16.9. The van der Waals surface area contributed by atoms with E-state index in [0.717, 1.165) is 47.7 Å². The Hall–Kier alpha value is -2.98. The number of halogens is 1. The Balaban J connectivity index is 1.38. The van der Waals surface area contributed by atoms with Crippen molar-refractivity contribution in [1.29, 1.82) is 0 Å². The van der Waals surface area contributed by atoms with Crippen LogP contribution >= 0.6 is 11.6 Å². The minimum absolute atomic E-state index is 0.414. The van der Waals surface area contributed by atoms with E-state index < -0.39 is 0 Å². The highest BCUT2D eigenvalue weighted by Gasteiger charge is 2.11. The molecule has 5 heteroatoms. The summed E-state index contributed by atoms with van der Waals surface area (Å²) < 4.78 is 14.0. The van der Waals surface area contributed by atoms with Crippen LogP contribution in [0.3, 0.4) is 0 Å². The molecule has 0 aliphatic rings. The Morgan fingerprint density at radius 1 is 0.759 bits per heavy atom. The van der Waals surface area contributed by atoms with Gasteiger partial charge in [0.05, 0.1) is 17.6 Å². The third kappa shape index (κ3) is 5.09. The minimum Gasteiger partial charge on any atom is -0.494 e. The zero-order valence-electron chi connectivity index (χ0n) is 16.1. The van der Waals surface area contributed by atoms with Crippen LogP contribution in [0.2, 0.25) is 5.02 Å². The van der Waals surface area contributed by atoms with Crippen LogP contribution in [0.5, 0.6) is 11.5 Å². The van der Waals surface area contributed by atoms with E-state index in [-0.39, 0.29) is 0 Å². The lowest BCUT2D eigenvalue weighted by Gasteiger charge is -2.11. The first-order valence-electron chi connectivity index (χ1n) is 9.80. The third-order valence-electron chi connectivity index (χ3n) is 4.70. The van der Waals surface area contributed by atoms with Crippen molar-refractivity contribution in [3.05, 3.63) is 89.7 Å². The largest absolute Gasteiger partial charge is 0.494 e. The fraction of sp³-hybridized carbons (Fsp3) is 0.208. The number of fused-ring (bicyclic) bond motifs is 1. The first-order chi connectivity index (χ1) is 14.3. The normalized spacial score (nSPS) is 10.9. The summed E-state index contributed by atoms with van der Waals surface area (Å²) in [5, 5.41) is 0.697. The lowest BCUT2D eigenvalue weighted by molar-refractivity contribution is 0.285. The molecule has 0 amide bonds. The number of imidazole rings is 1. The van der Waals surface area contributed by atoms with Crippen LogP contribution in [0.1, 0.15) is 18.7 Å². The summed E-state index contributed by atoms with van der Waals surface area (Å²) in [4.78, 5) is 4.77. The highest BCUT2D eigenvalue weighted by Crippen LogP contribution is 2.20. The molecule has 1 heterocycles. The third-order valence-corrected chi connectivity index (χ3v) is 4.96. The van der Waals surface area contributed by atoms with Crippen LogP contribution in [0, 0.1) is 0 Å². The molecule has 0 aliphatic heterocycles. The molecule has 4 rings (SSSR count). The maximum absolute atomic E-state index is 5.95. The first kappa shape index (κ1) is 19.3. The summed E-state index contributed by atoms with van der Waals surface area (Å²) in [5.74, 6) is 2.62. The zero-order chi connectivity index (χ0) is 19.9. The summed E-state index contributed by atoms with van der Waals surface area (Å²) in [7, 11) is 0. The second-order valence-corrected chi connectivity index (χ2v) is 7.22. The van der Waals surface area contributed by atoms with Crippen molar-refractivity contribution in [1.82, 2.24) is 9.55 Å². The number of benzene rings is 3. The van der Waals surface area contributed by atoms with Gasteiger partial charge in [-0.1, -0.05) is 41.9 Å². The minimum atomic E-state index is 0.414. The number of rotatable bonds is 9. The lowest BCUT2D eigenvalue weighted by Crippen LogP contribution is -2.08. The predicted octanol–water partition coefficient (Wildman–Crippen LogP) is 6.13. The van der Waals surface area contributed by atoms with Gasteiger partial charge in [-0.25, -0.2) is 4.98 Å². The van der Waals surface area contributed by atoms with Gasteiger partial charge in [-0.3, -0.25) is 0 Å². The Morgan fingerprint density at radius 2 is 1.48 bits per heavy atom. The first-order valence-corrected chi connectivity index (χ1v) is 10.2. The molecule has 0 bridgehead atoms. The van der Waals surface area contributed by atoms with Gasteiger partial charge in [0, 0.05) is 11.6 Å². The maximum Gasteiger partial charge on any atom is 0.147 e. The van der Waals surface area contributed by atoms with Crippen LogP contribution in [-0.4, -0.2) is 16.2 Å². The molecule has 4 nitrogen and oxygen atoms in total. The highest BCUT2D eigenvalue weighted by molar-refractivity contribution is 6.30. The molecule has 0 saturated heterocycles. The molecule has 1 aromatic heterocycles. The van der Waals surface area contributed by atoms with E-state index in [4.69, 9.17) is 26.1 Å². The number of nitrogens with zero attached hydrogens (tertiary/aromatic N) is 2. The van der Waals surface area contributed by atoms with Gasteiger partial charge in [-0.2, -0.15) is 0 Å². The molecule has 148 valence electrons. The van der Waals surface area contributed by atoms with Crippen molar-refractivity contribution in [3.63, 3.8) is 0 Å². The van der Waals surface area contributed by atoms with E-state index in [1.165, 1.54) is 0 Å². The summed E-state index contributed by atoms with van der Waals surface area (Å²) in [5.41, 5.74) is 2.12. The molecule has 29 heavy (non-hydrogen) atoms. The SMILES string of the molecule is Clc1ccc(OCc2nc3ccccc3n2CCCCOc2ccccc2)cc1. The van der Waals surface area contributed by atoms with E-state index in [1.54, 1.807) is 0 Å². The van der Waals surface area contributed by atoms with E-state index >= 15 is 0 Å². The average molecular weight is 407 g/mol. The predicted molar refractivity (Wildman–Crippen MR) is 117 cm³/mol. The summed E-state index contributed by atoms with van der Waals surface area (Å²) in [6, 6.07) is 25.5. The molecule has 0 unspecified atom stereocenters. The van der Waals surface area contributed by atoms with Gasteiger partial charge < -0.3 is 14.0 Å². The van der Waals surface area contributed by atoms with Gasteiger partial charge in [0.2, 0.25) is 0 Å². The number of hydrogen-bond donors (Lipinski definition) is 0. The molecule has 0 N–H and O–H groups in total. The van der Waals surface area contributed by atoms with E-state index in [2.05, 4.69) is 10.6 Å². The number of para-hydroxylation sites is 3. The number of ether oxygens (including phenoxy) is 2. The summed E-state index contributed by atoms with van der Waals surface area (Å²) in [6.45, 7) is 1.99. The topological polar surface area (TPSA) is 36.3 Å². The number of aryl methyl sites for hydroxylation is 1. The van der Waals surface area contributed by atoms with Crippen LogP contribution in [0.15, 0.2) is 78.9 Å². The van der Waals surface area contributed by atoms with Crippen LogP contribution in [-0.2, 0) is 13.2 Å². The van der Waals surface area contributed by atoms with Gasteiger partial charge in [0.25, 0.3) is 0 Å². The van der Waals surface area contributed by atoms with E-state index in [9.17, 15) is 0 Å². The van der Waals surface area contributed by atoms with Gasteiger partial charge in [-0.15, -0.1) is 0 Å². The van der Waals surface area contributed by atoms with Crippen molar-refractivity contribution in [2.24, 2.45) is 0 Å². The molecule has 0 aliphatic carbocycles. The van der Waals surface area contributed by atoms with Crippen molar-refractivity contribution in [2.75, 3.05) is 6.61 Å².